The lowest BCUT2D eigenvalue weighted by Crippen LogP contribution is -2.27. The number of nitrogens with zero attached hydrogens (tertiary/aromatic N) is 2. The summed E-state index contributed by atoms with van der Waals surface area (Å²) in [7, 11) is 1.70. The highest BCUT2D eigenvalue weighted by Crippen LogP contribution is 2.24. The average Bonchev–Trinajstić information content (AvgIpc) is 2.37. The number of pyridine rings is 1. The first-order valence-electron chi connectivity index (χ1n) is 5.47. The van der Waals surface area contributed by atoms with Crippen molar-refractivity contribution in [1.29, 1.82) is 0 Å². The fraction of sp³-hybridized carbons (Fsp3) is 0.231. The van der Waals surface area contributed by atoms with Gasteiger partial charge in [-0.15, -0.1) is 0 Å². The summed E-state index contributed by atoms with van der Waals surface area (Å²) in [5, 5.41) is 10.5. The van der Waals surface area contributed by atoms with Crippen LogP contribution in [0.4, 0.5) is 0 Å². The second-order valence-electron chi connectivity index (χ2n) is 3.86. The van der Waals surface area contributed by atoms with E-state index in [-0.39, 0.29) is 17.4 Å². The Morgan fingerprint density at radius 2 is 2.12 bits per heavy atom. The Morgan fingerprint density at radius 1 is 1.41 bits per heavy atom. The number of carbonyl (C=O) groups excluding carboxylic acids is 1. The lowest BCUT2D eigenvalue weighted by atomic mass is 10.1. The first-order chi connectivity index (χ1) is 8.13. The van der Waals surface area contributed by atoms with E-state index in [9.17, 15) is 9.90 Å². The maximum Gasteiger partial charge on any atom is 0.272 e. The Bertz CT molecular complexity index is 566. The van der Waals surface area contributed by atoms with Gasteiger partial charge in [0, 0.05) is 25.0 Å². The van der Waals surface area contributed by atoms with Gasteiger partial charge in [0.15, 0.2) is 0 Å². The van der Waals surface area contributed by atoms with E-state index in [4.69, 9.17) is 0 Å². The predicted molar refractivity (Wildman–Crippen MR) is 66.0 cm³/mol. The van der Waals surface area contributed by atoms with E-state index in [1.54, 1.807) is 24.1 Å². The van der Waals surface area contributed by atoms with Crippen molar-refractivity contribution in [3.8, 4) is 5.75 Å². The lowest BCUT2D eigenvalue weighted by molar-refractivity contribution is 0.0796. The Kier molecular flexibility index (Phi) is 2.95. The maximum atomic E-state index is 11.9. The number of fused-ring (bicyclic) bond motifs is 1. The van der Waals surface area contributed by atoms with Gasteiger partial charge in [-0.3, -0.25) is 4.79 Å². The van der Waals surface area contributed by atoms with Crippen molar-refractivity contribution in [3.63, 3.8) is 0 Å². The van der Waals surface area contributed by atoms with E-state index in [1.807, 2.05) is 19.1 Å². The van der Waals surface area contributed by atoms with Gasteiger partial charge in [-0.05, 0) is 19.1 Å². The molecule has 1 aromatic heterocycles. The molecule has 0 aliphatic heterocycles. The normalized spacial score (nSPS) is 10.5. The third-order valence-electron chi connectivity index (χ3n) is 2.73. The van der Waals surface area contributed by atoms with Crippen molar-refractivity contribution >= 4 is 16.8 Å². The molecule has 4 nitrogen and oxygen atoms in total. The molecule has 0 bridgehead atoms. The number of carbonyl (C=O) groups is 1. The summed E-state index contributed by atoms with van der Waals surface area (Å²) in [5.74, 6) is -0.1000. The van der Waals surface area contributed by atoms with Crippen LogP contribution in [-0.2, 0) is 0 Å². The van der Waals surface area contributed by atoms with Crippen LogP contribution in [0.25, 0.3) is 10.9 Å². The fourth-order valence-electron chi connectivity index (χ4n) is 1.61. The molecule has 4 heteroatoms. The second-order valence-corrected chi connectivity index (χ2v) is 3.86. The molecule has 2 rings (SSSR count). The van der Waals surface area contributed by atoms with Crippen LogP contribution in [0.2, 0.25) is 0 Å². The minimum Gasteiger partial charge on any atom is -0.507 e. The zero-order valence-corrected chi connectivity index (χ0v) is 9.84. The number of benzene rings is 1. The molecule has 0 saturated carbocycles. The number of amides is 1. The summed E-state index contributed by atoms with van der Waals surface area (Å²) in [6.07, 6.45) is 0. The van der Waals surface area contributed by atoms with Crippen LogP contribution in [-0.4, -0.2) is 34.5 Å². The molecule has 88 valence electrons. The summed E-state index contributed by atoms with van der Waals surface area (Å²) in [6, 6.07) is 8.61. The molecule has 1 N–H and O–H groups in total. The van der Waals surface area contributed by atoms with Crippen molar-refractivity contribution in [2.45, 2.75) is 6.92 Å². The van der Waals surface area contributed by atoms with Gasteiger partial charge < -0.3 is 10.0 Å². The SMILES string of the molecule is CCN(C)C(=O)c1cc(O)c2ccccc2n1. The molecule has 0 fully saturated rings. The smallest absolute Gasteiger partial charge is 0.272 e. The summed E-state index contributed by atoms with van der Waals surface area (Å²) >= 11 is 0. The topological polar surface area (TPSA) is 53.4 Å². The summed E-state index contributed by atoms with van der Waals surface area (Å²) < 4.78 is 0. The van der Waals surface area contributed by atoms with Gasteiger partial charge in [-0.1, -0.05) is 12.1 Å². The van der Waals surface area contributed by atoms with Crippen molar-refractivity contribution in [2.75, 3.05) is 13.6 Å². The van der Waals surface area contributed by atoms with Crippen molar-refractivity contribution in [1.82, 2.24) is 9.88 Å². The quantitative estimate of drug-likeness (QED) is 0.858. The van der Waals surface area contributed by atoms with Gasteiger partial charge in [0.05, 0.1) is 5.52 Å². The van der Waals surface area contributed by atoms with E-state index in [2.05, 4.69) is 4.98 Å². The largest absolute Gasteiger partial charge is 0.507 e. The molecule has 2 aromatic rings. The molecule has 0 radical (unpaired) electrons. The number of hydrogen-bond donors (Lipinski definition) is 1. The van der Waals surface area contributed by atoms with E-state index in [0.717, 1.165) is 0 Å². The molecule has 0 spiro atoms. The van der Waals surface area contributed by atoms with Crippen LogP contribution >= 0.6 is 0 Å². The summed E-state index contributed by atoms with van der Waals surface area (Å²) in [6.45, 7) is 2.49. The van der Waals surface area contributed by atoms with Gasteiger partial charge in [-0.2, -0.15) is 0 Å². The second kappa shape index (κ2) is 4.41. The molecule has 1 heterocycles. The van der Waals surface area contributed by atoms with Crippen molar-refractivity contribution in [2.24, 2.45) is 0 Å². The summed E-state index contributed by atoms with van der Waals surface area (Å²) in [4.78, 5) is 17.7. The number of aromatic hydroxyl groups is 1. The average molecular weight is 230 g/mol. The van der Waals surface area contributed by atoms with E-state index >= 15 is 0 Å². The Balaban J connectivity index is 2.54. The first-order valence-corrected chi connectivity index (χ1v) is 5.47. The van der Waals surface area contributed by atoms with E-state index in [0.29, 0.717) is 17.4 Å². The number of rotatable bonds is 2. The molecular formula is C13H14N2O2. The molecule has 0 aliphatic rings. The highest BCUT2D eigenvalue weighted by Gasteiger charge is 2.14. The minimum atomic E-state index is -0.187. The van der Waals surface area contributed by atoms with Gasteiger partial charge in [0.25, 0.3) is 5.91 Å². The van der Waals surface area contributed by atoms with Crippen LogP contribution in [0.15, 0.2) is 30.3 Å². The van der Waals surface area contributed by atoms with E-state index < -0.39 is 0 Å². The Labute approximate surface area is 99.5 Å². The van der Waals surface area contributed by atoms with Crippen LogP contribution in [0.1, 0.15) is 17.4 Å². The molecule has 0 saturated heterocycles. The van der Waals surface area contributed by atoms with Gasteiger partial charge in [0.1, 0.15) is 11.4 Å². The number of para-hydroxylation sites is 1. The van der Waals surface area contributed by atoms with Crippen LogP contribution in [0.5, 0.6) is 5.75 Å². The monoisotopic (exact) mass is 230 g/mol. The number of aromatic nitrogens is 1. The molecule has 1 amide bonds. The predicted octanol–water partition coefficient (Wildman–Crippen LogP) is 2.03. The van der Waals surface area contributed by atoms with Crippen LogP contribution < -0.4 is 0 Å². The zero-order chi connectivity index (χ0) is 12.4. The minimum absolute atomic E-state index is 0.0865. The molecule has 0 atom stereocenters. The van der Waals surface area contributed by atoms with Gasteiger partial charge >= 0.3 is 0 Å². The molecule has 0 unspecified atom stereocenters. The number of hydrogen-bond acceptors (Lipinski definition) is 3. The lowest BCUT2D eigenvalue weighted by Gasteiger charge is -2.14. The Hall–Kier alpha value is -2.10. The van der Waals surface area contributed by atoms with Gasteiger partial charge in [-0.25, -0.2) is 4.98 Å². The Morgan fingerprint density at radius 3 is 2.82 bits per heavy atom. The molecule has 17 heavy (non-hydrogen) atoms. The highest BCUT2D eigenvalue weighted by molar-refractivity contribution is 5.96. The molecule has 1 aromatic carbocycles. The first kappa shape index (κ1) is 11.4. The molecular weight excluding hydrogens is 216 g/mol. The third kappa shape index (κ3) is 2.06. The highest BCUT2D eigenvalue weighted by atomic mass is 16.3. The standard InChI is InChI=1S/C13H14N2O2/c1-3-15(2)13(17)11-8-12(16)9-6-4-5-7-10(9)14-11/h4-8H,3H2,1-2H3,(H,14,16). The van der Waals surface area contributed by atoms with Crippen LogP contribution in [0.3, 0.4) is 0 Å². The third-order valence-corrected chi connectivity index (χ3v) is 2.73. The van der Waals surface area contributed by atoms with Crippen LogP contribution in [0, 0.1) is 0 Å². The molecule has 0 aliphatic carbocycles. The maximum absolute atomic E-state index is 11.9. The fourth-order valence-corrected chi connectivity index (χ4v) is 1.61. The summed E-state index contributed by atoms with van der Waals surface area (Å²) in [5.41, 5.74) is 0.894. The van der Waals surface area contributed by atoms with Crippen molar-refractivity contribution in [3.05, 3.63) is 36.0 Å². The van der Waals surface area contributed by atoms with E-state index in [1.165, 1.54) is 6.07 Å². The van der Waals surface area contributed by atoms with Crippen molar-refractivity contribution < 1.29 is 9.90 Å². The zero-order valence-electron chi connectivity index (χ0n) is 9.84. The van der Waals surface area contributed by atoms with Gasteiger partial charge in [0.2, 0.25) is 0 Å².